The van der Waals surface area contributed by atoms with E-state index < -0.39 is 23.9 Å². The van der Waals surface area contributed by atoms with Gasteiger partial charge in [0.15, 0.2) is 11.2 Å². The number of carbonyl (C=O) groups excluding carboxylic acids is 2. The molecule has 1 heterocycles. The predicted octanol–water partition coefficient (Wildman–Crippen LogP) is 2.77. The molecule has 31 heavy (non-hydrogen) atoms. The topological polar surface area (TPSA) is 105 Å². The molecule has 0 bridgehead atoms. The third-order valence-corrected chi connectivity index (χ3v) is 4.64. The lowest BCUT2D eigenvalue weighted by Gasteiger charge is -2.29. The van der Waals surface area contributed by atoms with Crippen molar-refractivity contribution in [2.45, 2.75) is 20.0 Å². The second kappa shape index (κ2) is 9.40. The summed E-state index contributed by atoms with van der Waals surface area (Å²) in [5.74, 6) is -1.23. The first kappa shape index (κ1) is 22.0. The number of carboxylic acids is 1. The molecule has 2 aromatic rings. The fraction of sp³-hybridized carbons (Fsp3) is 0.182. The lowest BCUT2D eigenvalue weighted by atomic mass is 10.1. The highest BCUT2D eigenvalue weighted by atomic mass is 32.1. The Bertz CT molecular complexity index is 1050. The van der Waals surface area contributed by atoms with Gasteiger partial charge in [-0.2, -0.15) is 0 Å². The van der Waals surface area contributed by atoms with Crippen molar-refractivity contribution in [3.63, 3.8) is 0 Å². The van der Waals surface area contributed by atoms with Crippen molar-refractivity contribution in [2.75, 3.05) is 11.5 Å². The number of thiocarbonyl (C=S) groups is 1. The molecule has 1 unspecified atom stereocenters. The number of hydrogen-bond acceptors (Lipinski definition) is 6. The molecule has 0 radical (unpaired) electrons. The summed E-state index contributed by atoms with van der Waals surface area (Å²) >= 11 is 5.19. The molecule has 1 aliphatic rings. The van der Waals surface area contributed by atoms with E-state index in [0.29, 0.717) is 29.4 Å². The van der Waals surface area contributed by atoms with Gasteiger partial charge in [-0.15, -0.1) is 0 Å². The molecule has 1 aliphatic heterocycles. The number of nitrogens with zero attached hydrogens (tertiary/aromatic N) is 1. The molecule has 0 aliphatic carbocycles. The first-order valence-corrected chi connectivity index (χ1v) is 9.85. The van der Waals surface area contributed by atoms with E-state index in [0.717, 1.165) is 0 Å². The summed E-state index contributed by atoms with van der Waals surface area (Å²) in [6.07, 6.45) is 0.435. The molecule has 2 amide bonds. The maximum absolute atomic E-state index is 13.0. The zero-order chi connectivity index (χ0) is 22.5. The molecule has 2 N–H and O–H groups in total. The number of carboxylic acid groups (broad SMARTS) is 1. The monoisotopic (exact) mass is 440 g/mol. The quantitative estimate of drug-likeness (QED) is 0.387. The summed E-state index contributed by atoms with van der Waals surface area (Å²) in [5.41, 5.74) is 0.971. The van der Waals surface area contributed by atoms with Gasteiger partial charge < -0.3 is 14.6 Å². The van der Waals surface area contributed by atoms with Crippen molar-refractivity contribution in [3.05, 3.63) is 59.7 Å². The second-order valence-corrected chi connectivity index (χ2v) is 6.94. The van der Waals surface area contributed by atoms with E-state index >= 15 is 0 Å². The largest absolute Gasteiger partial charge is 0.494 e. The van der Waals surface area contributed by atoms with Crippen LogP contribution in [0.4, 0.5) is 5.69 Å². The number of ether oxygens (including phenoxy) is 2. The Balaban J connectivity index is 1.84. The van der Waals surface area contributed by atoms with Gasteiger partial charge in [-0.1, -0.05) is 12.1 Å². The van der Waals surface area contributed by atoms with E-state index in [9.17, 15) is 14.4 Å². The maximum Gasteiger partial charge on any atom is 0.344 e. The van der Waals surface area contributed by atoms with Crippen LogP contribution in [0.1, 0.15) is 19.4 Å². The molecule has 1 fully saturated rings. The van der Waals surface area contributed by atoms with Gasteiger partial charge in [0.05, 0.1) is 12.3 Å². The molecule has 0 aromatic heterocycles. The average Bonchev–Trinajstić information content (AvgIpc) is 2.73. The van der Waals surface area contributed by atoms with Gasteiger partial charge in [0, 0.05) is 0 Å². The predicted molar refractivity (Wildman–Crippen MR) is 118 cm³/mol. The fourth-order valence-electron chi connectivity index (χ4n) is 2.81. The zero-order valence-corrected chi connectivity index (χ0v) is 17.6. The summed E-state index contributed by atoms with van der Waals surface area (Å²) < 4.78 is 10.7. The molecule has 2 aromatic carbocycles. The van der Waals surface area contributed by atoms with Crippen molar-refractivity contribution in [1.29, 1.82) is 0 Å². The summed E-state index contributed by atoms with van der Waals surface area (Å²) in [7, 11) is 0. The highest BCUT2D eigenvalue weighted by Crippen LogP contribution is 2.25. The fourth-order valence-corrected chi connectivity index (χ4v) is 3.09. The first-order valence-electron chi connectivity index (χ1n) is 9.44. The molecule has 9 heteroatoms. The van der Waals surface area contributed by atoms with E-state index in [1.165, 1.54) is 17.9 Å². The van der Waals surface area contributed by atoms with Crippen LogP contribution in [-0.4, -0.2) is 40.7 Å². The van der Waals surface area contributed by atoms with Crippen molar-refractivity contribution in [2.24, 2.45) is 0 Å². The molecule has 0 saturated carbocycles. The smallest absolute Gasteiger partial charge is 0.344 e. The van der Waals surface area contributed by atoms with Crippen LogP contribution in [-0.2, 0) is 14.4 Å². The summed E-state index contributed by atoms with van der Waals surface area (Å²) in [5, 5.41) is 11.4. The molecule has 160 valence electrons. The molecular weight excluding hydrogens is 420 g/mol. The maximum atomic E-state index is 13.0. The Hall–Kier alpha value is -3.72. The van der Waals surface area contributed by atoms with Crippen LogP contribution in [0.3, 0.4) is 0 Å². The van der Waals surface area contributed by atoms with Crippen LogP contribution in [0.5, 0.6) is 11.5 Å². The summed E-state index contributed by atoms with van der Waals surface area (Å²) in [4.78, 5) is 37.6. The van der Waals surface area contributed by atoms with Crippen LogP contribution in [0, 0.1) is 0 Å². The van der Waals surface area contributed by atoms with Crippen molar-refractivity contribution in [1.82, 2.24) is 5.32 Å². The Morgan fingerprint density at radius 1 is 1.13 bits per heavy atom. The molecule has 0 spiro atoms. The number of benzene rings is 2. The third-order valence-electron chi connectivity index (χ3n) is 4.36. The lowest BCUT2D eigenvalue weighted by Crippen LogP contribution is -2.54. The highest BCUT2D eigenvalue weighted by Gasteiger charge is 2.34. The van der Waals surface area contributed by atoms with Gasteiger partial charge in [-0.3, -0.25) is 19.8 Å². The molecule has 8 nitrogen and oxygen atoms in total. The van der Waals surface area contributed by atoms with Crippen LogP contribution < -0.4 is 19.7 Å². The zero-order valence-electron chi connectivity index (χ0n) is 16.8. The van der Waals surface area contributed by atoms with Crippen molar-refractivity contribution < 1.29 is 29.0 Å². The minimum absolute atomic E-state index is 0.0114. The number of amides is 2. The summed E-state index contributed by atoms with van der Waals surface area (Å²) in [6.45, 7) is 3.80. The SMILES string of the molecule is CCOc1ccc(N2C(=O)/C(=C\c3ccc(OC(C)C(=O)O)cc3)C(=O)NC2=S)cc1. The number of hydrogen-bond donors (Lipinski definition) is 2. The van der Waals surface area contributed by atoms with Crippen LogP contribution >= 0.6 is 12.2 Å². The standard InChI is InChI=1S/C22H20N2O6S/c1-3-29-16-10-6-15(7-11-16)24-20(26)18(19(25)23-22(24)31)12-14-4-8-17(9-5-14)30-13(2)21(27)28/h4-13H,3H2,1-2H3,(H,27,28)(H,23,25,31)/b18-12-. The van der Waals surface area contributed by atoms with E-state index in [2.05, 4.69) is 5.32 Å². The molecule has 1 atom stereocenters. The molecule has 1 saturated heterocycles. The Morgan fingerprint density at radius 2 is 1.74 bits per heavy atom. The molecular formula is C22H20N2O6S. The van der Waals surface area contributed by atoms with Gasteiger partial charge in [-0.05, 0) is 74.1 Å². The van der Waals surface area contributed by atoms with E-state index in [4.69, 9.17) is 26.8 Å². The van der Waals surface area contributed by atoms with Crippen LogP contribution in [0.2, 0.25) is 0 Å². The van der Waals surface area contributed by atoms with Crippen LogP contribution in [0.25, 0.3) is 6.08 Å². The first-order chi connectivity index (χ1) is 14.8. The van der Waals surface area contributed by atoms with Crippen LogP contribution in [0.15, 0.2) is 54.1 Å². The van der Waals surface area contributed by atoms with Gasteiger partial charge in [0.2, 0.25) is 0 Å². The highest BCUT2D eigenvalue weighted by molar-refractivity contribution is 7.80. The minimum atomic E-state index is -1.08. The number of aliphatic carboxylic acids is 1. The Kier molecular flexibility index (Phi) is 6.66. The molecule has 3 rings (SSSR count). The van der Waals surface area contributed by atoms with Gasteiger partial charge in [-0.25, -0.2) is 4.79 Å². The van der Waals surface area contributed by atoms with E-state index in [-0.39, 0.29) is 10.7 Å². The number of anilines is 1. The van der Waals surface area contributed by atoms with Crippen molar-refractivity contribution >= 4 is 46.9 Å². The van der Waals surface area contributed by atoms with Gasteiger partial charge in [0.1, 0.15) is 17.1 Å². The lowest BCUT2D eigenvalue weighted by molar-refractivity contribution is -0.144. The van der Waals surface area contributed by atoms with E-state index in [1.807, 2.05) is 6.92 Å². The second-order valence-electron chi connectivity index (χ2n) is 6.55. The minimum Gasteiger partial charge on any atom is -0.494 e. The number of nitrogens with one attached hydrogen (secondary N) is 1. The number of rotatable bonds is 7. The number of carbonyl (C=O) groups is 3. The van der Waals surface area contributed by atoms with Crippen molar-refractivity contribution in [3.8, 4) is 11.5 Å². The normalized spacial score (nSPS) is 16.1. The van der Waals surface area contributed by atoms with E-state index in [1.54, 1.807) is 48.5 Å². The third kappa shape index (κ3) is 5.07. The average molecular weight is 440 g/mol. The Morgan fingerprint density at radius 3 is 2.32 bits per heavy atom. The van der Waals surface area contributed by atoms with Gasteiger partial charge in [0.25, 0.3) is 11.8 Å². The van der Waals surface area contributed by atoms with Gasteiger partial charge >= 0.3 is 5.97 Å². The summed E-state index contributed by atoms with van der Waals surface area (Å²) in [6, 6.07) is 13.1. The Labute approximate surface area is 184 Å².